The Morgan fingerprint density at radius 3 is 1.30 bits per heavy atom. The van der Waals surface area contributed by atoms with Gasteiger partial charge in [-0.3, -0.25) is 0 Å². The van der Waals surface area contributed by atoms with Crippen LogP contribution >= 0.6 is 11.3 Å². The summed E-state index contributed by atoms with van der Waals surface area (Å²) >= 11 is 2.01. The number of nitrogens with zero attached hydrogens (tertiary/aromatic N) is 3. The first-order valence-corrected chi connectivity index (χ1v) is 25.5. The Bertz CT molecular complexity index is 3490. The molecule has 0 radical (unpaired) electrons. The summed E-state index contributed by atoms with van der Waals surface area (Å²) in [6.45, 7) is 39.9. The van der Waals surface area contributed by atoms with Crippen molar-refractivity contribution in [3.63, 3.8) is 0 Å². The van der Waals surface area contributed by atoms with Crippen molar-refractivity contribution in [1.29, 1.82) is 0 Å². The summed E-state index contributed by atoms with van der Waals surface area (Å²) in [7, 11) is 0. The molecule has 0 fully saturated rings. The van der Waals surface area contributed by atoms with E-state index in [2.05, 4.69) is 235 Å². The van der Waals surface area contributed by atoms with Crippen LogP contribution in [0, 0.1) is 13.8 Å². The highest BCUT2D eigenvalue weighted by molar-refractivity contribution is 7.29. The molecular weight excluding hydrogens is 830 g/mol. The third kappa shape index (κ3) is 6.42. The maximum atomic E-state index is 2.71. The lowest BCUT2D eigenvalue weighted by Crippen LogP contribution is -2.60. The first-order chi connectivity index (χ1) is 31.2. The number of aryl methyl sites for hydroxylation is 1. The highest BCUT2D eigenvalue weighted by atomic mass is 32.1. The van der Waals surface area contributed by atoms with E-state index >= 15 is 0 Å². The molecule has 3 nitrogen and oxygen atoms in total. The molecule has 3 aromatic heterocycles. The zero-order valence-corrected chi connectivity index (χ0v) is 44.0. The second-order valence-electron chi connectivity index (χ2n) is 25.2. The van der Waals surface area contributed by atoms with Crippen LogP contribution in [0.5, 0.6) is 0 Å². The summed E-state index contributed by atoms with van der Waals surface area (Å²) in [5.41, 5.74) is 22.4. The molecule has 6 aromatic carbocycles. The summed E-state index contributed by atoms with van der Waals surface area (Å²) in [6.07, 6.45) is 0. The second-order valence-corrected chi connectivity index (χ2v) is 26.5. The van der Waals surface area contributed by atoms with E-state index in [1.54, 1.807) is 0 Å². The molecule has 2 aliphatic rings. The molecule has 340 valence electrons. The molecule has 0 bridgehead atoms. The monoisotopic (exact) mass is 898 g/mol. The number of anilines is 6. The third-order valence-electron chi connectivity index (χ3n) is 15.5. The maximum absolute atomic E-state index is 2.71. The lowest BCUT2D eigenvalue weighted by atomic mass is 9.35. The van der Waals surface area contributed by atoms with Gasteiger partial charge in [0.05, 0.1) is 33.6 Å². The number of hydrogen-bond acceptors (Lipinski definition) is 3. The molecule has 0 saturated heterocycles. The summed E-state index contributed by atoms with van der Waals surface area (Å²) in [5, 5.41) is 5.34. The molecule has 67 heavy (non-hydrogen) atoms. The van der Waals surface area contributed by atoms with E-state index in [4.69, 9.17) is 0 Å². The van der Waals surface area contributed by atoms with Crippen molar-refractivity contribution < 1.29 is 0 Å². The van der Waals surface area contributed by atoms with Crippen LogP contribution in [0.4, 0.5) is 34.1 Å². The zero-order chi connectivity index (χ0) is 47.8. The van der Waals surface area contributed by atoms with E-state index in [0.29, 0.717) is 0 Å². The fraction of sp³-hybridized carbons (Fsp3) is 0.355. The van der Waals surface area contributed by atoms with Gasteiger partial charge in [0.2, 0.25) is 0 Å². The van der Waals surface area contributed by atoms with Gasteiger partial charge in [0.1, 0.15) is 0 Å². The predicted octanol–water partition coefficient (Wildman–Crippen LogP) is 16.1. The predicted molar refractivity (Wildman–Crippen MR) is 296 cm³/mol. The molecule has 0 N–H and O–H groups in total. The van der Waals surface area contributed by atoms with Gasteiger partial charge in [0, 0.05) is 48.3 Å². The lowest BCUT2D eigenvalue weighted by Gasteiger charge is -2.44. The summed E-state index contributed by atoms with van der Waals surface area (Å²) < 4.78 is 4.08. The van der Waals surface area contributed by atoms with Gasteiger partial charge >= 0.3 is 0 Å². The van der Waals surface area contributed by atoms with E-state index in [0.717, 1.165) is 0 Å². The first-order valence-electron chi connectivity index (χ1n) is 24.6. The van der Waals surface area contributed by atoms with E-state index in [9.17, 15) is 0 Å². The molecule has 0 saturated carbocycles. The van der Waals surface area contributed by atoms with Crippen molar-refractivity contribution in [2.24, 2.45) is 0 Å². The SMILES string of the molecule is Cc1sc2c(c1C)N(c1ccc(C(C)(C)C)cc1)c1c3c(c4c5cc(C(C)(C)C)ccc5n5c6ccc(C(C)(C)C)cc6c1c45)N(c1ccc(C(C)(C)C)cc1)c1ccc(C(C)(C)C)cc1B23. The number of benzene rings is 6. The summed E-state index contributed by atoms with van der Waals surface area (Å²) in [6, 6.07) is 41.3. The minimum absolute atomic E-state index is 0.0181. The van der Waals surface area contributed by atoms with Gasteiger partial charge in [-0.15, -0.1) is 0 Å². The standard InChI is InChI=1S/C62H68BN3S/c1-35-36(2)67-57-53(35)65(43-27-20-38(21-28-43)59(6,7)8)56-51-45-33-40(61(12,13)14)23-30-48(45)66-47-29-22-39(60(9,10)11)32-44(47)50(54(51)66)55-52(56)63(57)46-34-41(62(15,16)17)24-31-49(46)64(55)42-25-18-37(19-26-42)58(3,4)5/h18-34H,1-17H3. The molecule has 9 aromatic rings. The number of hydrogen-bond donors (Lipinski definition) is 0. The minimum Gasteiger partial charge on any atom is -0.311 e. The van der Waals surface area contributed by atoms with Crippen molar-refractivity contribution >= 4 is 106 Å². The summed E-state index contributed by atoms with van der Waals surface area (Å²) in [4.78, 5) is 6.77. The lowest BCUT2D eigenvalue weighted by molar-refractivity contribution is 0.590. The Kier molecular flexibility index (Phi) is 9.22. The number of fused-ring (bicyclic) bond motifs is 12. The number of aromatic nitrogens is 1. The molecule has 0 spiro atoms. The minimum atomic E-state index is -0.0337. The van der Waals surface area contributed by atoms with Crippen LogP contribution in [0.15, 0.2) is 103 Å². The average molecular weight is 898 g/mol. The molecule has 11 rings (SSSR count). The highest BCUT2D eigenvalue weighted by Crippen LogP contribution is 2.56. The van der Waals surface area contributed by atoms with Crippen LogP contribution in [-0.4, -0.2) is 11.1 Å². The fourth-order valence-electron chi connectivity index (χ4n) is 11.3. The molecule has 5 heterocycles. The molecule has 5 heteroatoms. The van der Waals surface area contributed by atoms with E-state index in [1.807, 2.05) is 11.3 Å². The van der Waals surface area contributed by atoms with Crippen molar-refractivity contribution in [1.82, 2.24) is 4.40 Å². The van der Waals surface area contributed by atoms with Crippen LogP contribution in [0.25, 0.3) is 38.1 Å². The smallest absolute Gasteiger partial charge is 0.264 e. The normalized spacial score (nSPS) is 14.6. The van der Waals surface area contributed by atoms with Crippen molar-refractivity contribution in [2.45, 2.75) is 145 Å². The van der Waals surface area contributed by atoms with E-state index in [1.165, 1.54) is 126 Å². The van der Waals surface area contributed by atoms with E-state index < -0.39 is 0 Å². The van der Waals surface area contributed by atoms with Gasteiger partial charge in [0.25, 0.3) is 6.71 Å². The Hall–Kier alpha value is -5.52. The van der Waals surface area contributed by atoms with Crippen LogP contribution < -0.4 is 25.5 Å². The molecule has 2 aliphatic heterocycles. The van der Waals surface area contributed by atoms with Crippen LogP contribution in [0.1, 0.15) is 142 Å². The van der Waals surface area contributed by atoms with E-state index in [-0.39, 0.29) is 33.8 Å². The fourth-order valence-corrected chi connectivity index (χ4v) is 12.6. The van der Waals surface area contributed by atoms with Crippen molar-refractivity contribution in [3.8, 4) is 0 Å². The Morgan fingerprint density at radius 1 is 0.433 bits per heavy atom. The largest absolute Gasteiger partial charge is 0.311 e. The Morgan fingerprint density at radius 2 is 0.836 bits per heavy atom. The molecule has 0 aliphatic carbocycles. The van der Waals surface area contributed by atoms with Gasteiger partial charge in [-0.25, -0.2) is 0 Å². The summed E-state index contributed by atoms with van der Waals surface area (Å²) in [5.74, 6) is 0. The molecule has 0 amide bonds. The quantitative estimate of drug-likeness (QED) is 0.160. The van der Waals surface area contributed by atoms with Crippen LogP contribution in [0.2, 0.25) is 0 Å². The van der Waals surface area contributed by atoms with Crippen molar-refractivity contribution in [2.75, 3.05) is 9.80 Å². The first kappa shape index (κ1) is 44.0. The number of thiophene rings is 1. The van der Waals surface area contributed by atoms with Gasteiger partial charge in [-0.2, -0.15) is 11.3 Å². The average Bonchev–Trinajstić information content (AvgIpc) is 3.87. The number of rotatable bonds is 2. The zero-order valence-electron chi connectivity index (χ0n) is 43.1. The van der Waals surface area contributed by atoms with Crippen LogP contribution in [-0.2, 0) is 27.1 Å². The van der Waals surface area contributed by atoms with Crippen LogP contribution in [0.3, 0.4) is 0 Å². The second kappa shape index (κ2) is 14.0. The molecular formula is C62H68BN3S. The van der Waals surface area contributed by atoms with Gasteiger partial charge in [0.15, 0.2) is 0 Å². The van der Waals surface area contributed by atoms with Gasteiger partial charge in [-0.05, 0) is 140 Å². The Balaban J connectivity index is 1.42. The molecule has 0 atom stereocenters. The van der Waals surface area contributed by atoms with Crippen molar-refractivity contribution in [3.05, 3.63) is 141 Å². The maximum Gasteiger partial charge on any atom is 0.264 e. The third-order valence-corrected chi connectivity index (χ3v) is 16.7. The van der Waals surface area contributed by atoms with Gasteiger partial charge in [-0.1, -0.05) is 152 Å². The highest BCUT2D eigenvalue weighted by Gasteiger charge is 2.49. The molecule has 0 unspecified atom stereocenters. The topological polar surface area (TPSA) is 10.9 Å². The Labute approximate surface area is 404 Å². The van der Waals surface area contributed by atoms with Gasteiger partial charge < -0.3 is 14.2 Å².